The Hall–Kier alpha value is -3.20. The Balaban J connectivity index is 1.41. The lowest BCUT2D eigenvalue weighted by Crippen LogP contribution is -2.36. The molecule has 1 amide bonds. The first kappa shape index (κ1) is 19.6. The molecular weight excluding hydrogens is 362 g/mol. The number of ether oxygens (including phenoxy) is 2. The molecule has 1 saturated heterocycles. The molecule has 1 aliphatic rings. The summed E-state index contributed by atoms with van der Waals surface area (Å²) in [7, 11) is 1.67. The van der Waals surface area contributed by atoms with Crippen molar-refractivity contribution in [3.05, 3.63) is 42.7 Å². The summed E-state index contributed by atoms with van der Waals surface area (Å²) < 4.78 is 10.4. The van der Waals surface area contributed by atoms with Crippen LogP contribution >= 0.6 is 0 Å². The van der Waals surface area contributed by atoms with Crippen molar-refractivity contribution in [2.45, 2.75) is 0 Å². The summed E-state index contributed by atoms with van der Waals surface area (Å²) in [6, 6.07) is 9.23. The van der Waals surface area contributed by atoms with Gasteiger partial charge in [-0.05, 0) is 30.3 Å². The van der Waals surface area contributed by atoms with Crippen LogP contribution in [0, 0.1) is 0 Å². The summed E-state index contributed by atoms with van der Waals surface area (Å²) in [6.45, 7) is 2.73. The summed E-state index contributed by atoms with van der Waals surface area (Å²) >= 11 is 0. The highest BCUT2D eigenvalue weighted by atomic mass is 16.5. The van der Waals surface area contributed by atoms with Gasteiger partial charge in [-0.3, -0.25) is 9.59 Å². The minimum absolute atomic E-state index is 0.0501. The van der Waals surface area contributed by atoms with Gasteiger partial charge in [0.15, 0.2) is 6.61 Å². The average Bonchev–Trinajstić information content (AvgIpc) is 2.74. The van der Waals surface area contributed by atoms with Gasteiger partial charge in [0, 0.05) is 43.9 Å². The van der Waals surface area contributed by atoms with Crippen LogP contribution in [-0.4, -0.2) is 68.3 Å². The number of carbonyl (C=O) groups is 2. The molecule has 148 valence electrons. The van der Waals surface area contributed by atoms with Crippen LogP contribution in [0.15, 0.2) is 42.7 Å². The van der Waals surface area contributed by atoms with Crippen LogP contribution in [0.1, 0.15) is 0 Å². The number of hydrogen-bond acceptors (Lipinski definition) is 8. The van der Waals surface area contributed by atoms with Gasteiger partial charge in [0.2, 0.25) is 5.95 Å². The molecule has 0 spiro atoms. The van der Waals surface area contributed by atoms with Gasteiger partial charge in [-0.2, -0.15) is 0 Å². The van der Waals surface area contributed by atoms with Gasteiger partial charge in [0.25, 0.3) is 5.91 Å². The van der Waals surface area contributed by atoms with E-state index in [-0.39, 0.29) is 13.2 Å². The fourth-order valence-electron chi connectivity index (χ4n) is 2.72. The number of amides is 1. The first-order chi connectivity index (χ1) is 13.6. The molecule has 0 atom stereocenters. The van der Waals surface area contributed by atoms with E-state index in [1.54, 1.807) is 30.4 Å². The summed E-state index contributed by atoms with van der Waals surface area (Å²) in [4.78, 5) is 35.7. The molecule has 28 heavy (non-hydrogen) atoms. The smallest absolute Gasteiger partial charge is 0.326 e. The van der Waals surface area contributed by atoms with E-state index in [2.05, 4.69) is 20.2 Å². The predicted octanol–water partition coefficient (Wildman–Crippen LogP) is 0.931. The molecule has 1 aliphatic heterocycles. The van der Waals surface area contributed by atoms with E-state index in [0.29, 0.717) is 11.6 Å². The highest BCUT2D eigenvalue weighted by molar-refractivity contribution is 5.93. The molecule has 3 rings (SSSR count). The Bertz CT molecular complexity index is 779. The zero-order valence-corrected chi connectivity index (χ0v) is 15.7. The number of morpholine rings is 1. The molecule has 2 aromatic rings. The first-order valence-electron chi connectivity index (χ1n) is 8.98. The van der Waals surface area contributed by atoms with Gasteiger partial charge >= 0.3 is 5.97 Å². The number of aromatic nitrogens is 2. The maximum Gasteiger partial charge on any atom is 0.326 e. The van der Waals surface area contributed by atoms with Gasteiger partial charge in [-0.25, -0.2) is 9.97 Å². The van der Waals surface area contributed by atoms with Gasteiger partial charge in [-0.15, -0.1) is 0 Å². The number of hydrogen-bond donors (Lipinski definition) is 1. The monoisotopic (exact) mass is 385 g/mol. The number of nitrogens with one attached hydrogen (secondary N) is 1. The molecular formula is C19H23N5O4. The summed E-state index contributed by atoms with van der Waals surface area (Å²) in [6.07, 6.45) is 3.17. The van der Waals surface area contributed by atoms with Gasteiger partial charge in [-0.1, -0.05) is 0 Å². The van der Waals surface area contributed by atoms with E-state index in [1.807, 2.05) is 24.3 Å². The molecule has 0 radical (unpaired) electrons. The molecule has 0 saturated carbocycles. The highest BCUT2D eigenvalue weighted by Gasteiger charge is 2.13. The number of rotatable bonds is 7. The third kappa shape index (κ3) is 5.65. The maximum absolute atomic E-state index is 12.0. The van der Waals surface area contributed by atoms with Gasteiger partial charge in [0.05, 0.1) is 13.2 Å². The second-order valence-corrected chi connectivity index (χ2v) is 6.26. The first-order valence-corrected chi connectivity index (χ1v) is 8.98. The Morgan fingerprint density at radius 3 is 2.54 bits per heavy atom. The predicted molar refractivity (Wildman–Crippen MR) is 104 cm³/mol. The van der Waals surface area contributed by atoms with Crippen molar-refractivity contribution in [1.82, 2.24) is 9.97 Å². The standard InChI is InChI=1S/C19H23N5O4/c1-23(19-20-7-2-8-21-19)13-18(26)28-14-17(25)22-15-3-5-16(6-4-15)24-9-11-27-12-10-24/h2-8H,9-14H2,1H3,(H,22,25). The summed E-state index contributed by atoms with van der Waals surface area (Å²) in [5.74, 6) is -0.525. The minimum atomic E-state index is -0.534. The van der Waals surface area contributed by atoms with Crippen molar-refractivity contribution < 1.29 is 19.1 Å². The largest absolute Gasteiger partial charge is 0.454 e. The lowest BCUT2D eigenvalue weighted by atomic mass is 10.2. The van der Waals surface area contributed by atoms with E-state index < -0.39 is 11.9 Å². The van der Waals surface area contributed by atoms with Crippen LogP contribution in [0.3, 0.4) is 0 Å². The van der Waals surface area contributed by atoms with E-state index >= 15 is 0 Å². The normalized spacial score (nSPS) is 13.7. The van der Waals surface area contributed by atoms with Crippen molar-refractivity contribution in [2.24, 2.45) is 0 Å². The van der Waals surface area contributed by atoms with Crippen LogP contribution in [0.25, 0.3) is 0 Å². The Kier molecular flexibility index (Phi) is 6.74. The van der Waals surface area contributed by atoms with Crippen LogP contribution < -0.4 is 15.1 Å². The summed E-state index contributed by atoms with van der Waals surface area (Å²) in [5.41, 5.74) is 1.73. The van der Waals surface area contributed by atoms with E-state index in [1.165, 1.54) is 0 Å². The topological polar surface area (TPSA) is 96.9 Å². The fraction of sp³-hybridized carbons (Fsp3) is 0.368. The van der Waals surface area contributed by atoms with Crippen molar-refractivity contribution in [3.8, 4) is 0 Å². The molecule has 0 unspecified atom stereocenters. The quantitative estimate of drug-likeness (QED) is 0.703. The molecule has 1 aromatic heterocycles. The molecule has 1 N–H and O–H groups in total. The molecule has 2 heterocycles. The molecule has 0 bridgehead atoms. The summed E-state index contributed by atoms with van der Waals surface area (Å²) in [5, 5.41) is 2.71. The van der Waals surface area contributed by atoms with Gasteiger partial charge < -0.3 is 24.6 Å². The second-order valence-electron chi connectivity index (χ2n) is 6.26. The molecule has 0 aliphatic carbocycles. The van der Waals surface area contributed by atoms with E-state index in [4.69, 9.17) is 9.47 Å². The third-order valence-corrected chi connectivity index (χ3v) is 4.15. The Morgan fingerprint density at radius 2 is 1.86 bits per heavy atom. The number of esters is 1. The van der Waals surface area contributed by atoms with Crippen molar-refractivity contribution >= 4 is 29.2 Å². The number of likely N-dealkylation sites (N-methyl/N-ethyl adjacent to an activating group) is 1. The molecule has 9 nitrogen and oxygen atoms in total. The van der Waals surface area contributed by atoms with E-state index in [0.717, 1.165) is 32.0 Å². The minimum Gasteiger partial charge on any atom is -0.454 e. The zero-order chi connectivity index (χ0) is 19.8. The zero-order valence-electron chi connectivity index (χ0n) is 15.7. The Labute approximate surface area is 163 Å². The van der Waals surface area contributed by atoms with Crippen molar-refractivity contribution in [2.75, 3.05) is 61.6 Å². The van der Waals surface area contributed by atoms with Crippen molar-refractivity contribution in [3.63, 3.8) is 0 Å². The number of anilines is 3. The van der Waals surface area contributed by atoms with Crippen LogP contribution in [0.5, 0.6) is 0 Å². The van der Waals surface area contributed by atoms with Crippen LogP contribution in [-0.2, 0) is 19.1 Å². The molecule has 1 fully saturated rings. The lowest BCUT2D eigenvalue weighted by molar-refractivity contribution is -0.145. The molecule has 1 aromatic carbocycles. The lowest BCUT2D eigenvalue weighted by Gasteiger charge is -2.28. The number of nitrogens with zero attached hydrogens (tertiary/aromatic N) is 4. The fourth-order valence-corrected chi connectivity index (χ4v) is 2.72. The second kappa shape index (κ2) is 9.65. The van der Waals surface area contributed by atoms with Crippen molar-refractivity contribution in [1.29, 1.82) is 0 Å². The third-order valence-electron chi connectivity index (χ3n) is 4.15. The SMILES string of the molecule is CN(CC(=O)OCC(=O)Nc1ccc(N2CCOCC2)cc1)c1ncccn1. The van der Waals surface area contributed by atoms with Gasteiger partial charge in [0.1, 0.15) is 6.54 Å². The van der Waals surface area contributed by atoms with Crippen LogP contribution in [0.2, 0.25) is 0 Å². The van der Waals surface area contributed by atoms with Crippen LogP contribution in [0.4, 0.5) is 17.3 Å². The number of benzene rings is 1. The number of carbonyl (C=O) groups excluding carboxylic acids is 2. The average molecular weight is 385 g/mol. The molecule has 9 heteroatoms. The maximum atomic E-state index is 12.0. The highest BCUT2D eigenvalue weighted by Crippen LogP contribution is 2.19. The Morgan fingerprint density at radius 1 is 1.18 bits per heavy atom. The van der Waals surface area contributed by atoms with E-state index in [9.17, 15) is 9.59 Å².